The SMILES string of the molecule is C[C@H](Nc1ncnc2[nH]cnc12)c1cc2ccc(F)cc2nc1-c1ccccc1C[SH](=O)=O. The van der Waals surface area contributed by atoms with Crippen molar-refractivity contribution >= 4 is 38.6 Å². The number of anilines is 1. The normalized spacial score (nSPS) is 12.5. The fourth-order valence-electron chi connectivity index (χ4n) is 3.88. The van der Waals surface area contributed by atoms with E-state index in [9.17, 15) is 12.8 Å². The van der Waals surface area contributed by atoms with Crippen LogP contribution in [0.2, 0.25) is 0 Å². The molecule has 10 heteroatoms. The molecule has 0 fully saturated rings. The van der Waals surface area contributed by atoms with E-state index in [2.05, 4.69) is 25.3 Å². The summed E-state index contributed by atoms with van der Waals surface area (Å²) < 4.78 is 36.9. The van der Waals surface area contributed by atoms with Crippen LogP contribution in [-0.2, 0) is 16.5 Å². The van der Waals surface area contributed by atoms with Crippen LogP contribution in [0.3, 0.4) is 0 Å². The zero-order valence-corrected chi connectivity index (χ0v) is 18.4. The number of rotatable bonds is 6. The summed E-state index contributed by atoms with van der Waals surface area (Å²) in [4.78, 5) is 20.5. The van der Waals surface area contributed by atoms with Gasteiger partial charge in [-0.2, -0.15) is 0 Å². The van der Waals surface area contributed by atoms with Crippen LogP contribution >= 0.6 is 0 Å². The Labute approximate surface area is 189 Å². The standard InChI is InChI=1S/C23H19FN6O2S/c1-13(29-23-21-22(26-11-25-21)27-12-28-23)18-8-14-6-7-16(24)9-19(14)30-20(18)17-5-3-2-4-15(17)10-33(31)32/h2-9,11-13,33H,10H2,1H3,(H2,25,26,27,28,29)/t13-/m0/s1. The molecule has 0 unspecified atom stereocenters. The molecule has 5 aromatic rings. The number of pyridine rings is 1. The molecule has 33 heavy (non-hydrogen) atoms. The molecule has 0 amide bonds. The lowest BCUT2D eigenvalue weighted by atomic mass is 9.96. The summed E-state index contributed by atoms with van der Waals surface area (Å²) in [5.74, 6) is 0.0441. The Hall–Kier alpha value is -3.92. The van der Waals surface area contributed by atoms with E-state index in [0.29, 0.717) is 39.3 Å². The van der Waals surface area contributed by atoms with Gasteiger partial charge < -0.3 is 10.3 Å². The quantitative estimate of drug-likeness (QED) is 0.327. The summed E-state index contributed by atoms with van der Waals surface area (Å²) in [5.41, 5.74) is 4.39. The summed E-state index contributed by atoms with van der Waals surface area (Å²) in [6, 6.07) is 13.3. The fourth-order valence-corrected chi connectivity index (χ4v) is 4.44. The third-order valence-electron chi connectivity index (χ3n) is 5.42. The number of nitrogens with one attached hydrogen (secondary N) is 2. The summed E-state index contributed by atoms with van der Waals surface area (Å²) in [6.07, 6.45) is 2.99. The molecule has 0 aliphatic heterocycles. The molecule has 0 bridgehead atoms. The minimum Gasteiger partial charge on any atom is -0.362 e. The van der Waals surface area contributed by atoms with E-state index in [-0.39, 0.29) is 11.8 Å². The Morgan fingerprint density at radius 3 is 2.79 bits per heavy atom. The van der Waals surface area contributed by atoms with Crippen LogP contribution in [0.25, 0.3) is 33.3 Å². The molecule has 0 aliphatic carbocycles. The van der Waals surface area contributed by atoms with Gasteiger partial charge in [0.15, 0.2) is 11.5 Å². The van der Waals surface area contributed by atoms with Gasteiger partial charge in [0.05, 0.1) is 29.3 Å². The number of halogens is 1. The number of imidazole rings is 1. The van der Waals surface area contributed by atoms with Crippen molar-refractivity contribution in [3.63, 3.8) is 0 Å². The van der Waals surface area contributed by atoms with E-state index in [1.165, 1.54) is 18.5 Å². The van der Waals surface area contributed by atoms with Gasteiger partial charge in [-0.1, -0.05) is 24.3 Å². The first kappa shape index (κ1) is 21.0. The lowest BCUT2D eigenvalue weighted by molar-refractivity contribution is 0.614. The van der Waals surface area contributed by atoms with Gasteiger partial charge in [-0.15, -0.1) is 0 Å². The van der Waals surface area contributed by atoms with E-state index in [1.807, 2.05) is 25.1 Å². The predicted molar refractivity (Wildman–Crippen MR) is 125 cm³/mol. The average Bonchev–Trinajstić information content (AvgIpc) is 3.28. The van der Waals surface area contributed by atoms with Crippen molar-refractivity contribution in [2.75, 3.05) is 5.32 Å². The Bertz CT molecular complexity index is 1560. The monoisotopic (exact) mass is 462 g/mol. The molecule has 3 aromatic heterocycles. The van der Waals surface area contributed by atoms with Crippen molar-refractivity contribution in [3.8, 4) is 11.3 Å². The lowest BCUT2D eigenvalue weighted by Crippen LogP contribution is -2.11. The van der Waals surface area contributed by atoms with Gasteiger partial charge in [0.2, 0.25) is 0 Å². The number of H-pyrrole nitrogens is 1. The highest BCUT2D eigenvalue weighted by atomic mass is 32.2. The van der Waals surface area contributed by atoms with E-state index in [1.54, 1.807) is 24.5 Å². The van der Waals surface area contributed by atoms with Crippen LogP contribution < -0.4 is 5.32 Å². The van der Waals surface area contributed by atoms with E-state index in [4.69, 9.17) is 4.98 Å². The molecule has 2 N–H and O–H groups in total. The van der Waals surface area contributed by atoms with Crippen LogP contribution in [0, 0.1) is 5.82 Å². The molecule has 0 radical (unpaired) electrons. The highest BCUT2D eigenvalue weighted by molar-refractivity contribution is 7.71. The molecular formula is C23H19FN6O2S. The van der Waals surface area contributed by atoms with E-state index >= 15 is 0 Å². The first-order valence-corrected chi connectivity index (χ1v) is 11.6. The second kappa shape index (κ2) is 8.55. The largest absolute Gasteiger partial charge is 0.362 e. The molecule has 2 aromatic carbocycles. The molecule has 8 nitrogen and oxygen atoms in total. The maximum atomic E-state index is 13.9. The Balaban J connectivity index is 1.68. The topological polar surface area (TPSA) is 114 Å². The first-order chi connectivity index (χ1) is 16.0. The Kier molecular flexibility index (Phi) is 5.43. The molecule has 3 heterocycles. The number of hydrogen-bond acceptors (Lipinski definition) is 7. The maximum absolute atomic E-state index is 13.9. The smallest absolute Gasteiger partial charge is 0.162 e. The van der Waals surface area contributed by atoms with Crippen molar-refractivity contribution in [2.24, 2.45) is 0 Å². The van der Waals surface area contributed by atoms with Crippen LogP contribution in [0.4, 0.5) is 10.2 Å². The molecule has 166 valence electrons. The van der Waals surface area contributed by atoms with E-state index < -0.39 is 16.5 Å². The van der Waals surface area contributed by atoms with Gasteiger partial charge in [0.25, 0.3) is 0 Å². The van der Waals surface area contributed by atoms with Crippen LogP contribution in [0.5, 0.6) is 0 Å². The highest BCUT2D eigenvalue weighted by Gasteiger charge is 2.19. The van der Waals surface area contributed by atoms with Crippen LogP contribution in [-0.4, -0.2) is 33.3 Å². The number of thiol groups is 1. The first-order valence-electron chi connectivity index (χ1n) is 10.2. The third-order valence-corrected chi connectivity index (χ3v) is 6.02. The van der Waals surface area contributed by atoms with Crippen LogP contribution in [0.15, 0.2) is 61.2 Å². The Morgan fingerprint density at radius 1 is 1.09 bits per heavy atom. The molecule has 0 spiro atoms. The molecular weight excluding hydrogens is 443 g/mol. The minimum absolute atomic E-state index is 0.116. The zero-order chi connectivity index (χ0) is 22.9. The molecule has 0 saturated carbocycles. The molecule has 0 saturated heterocycles. The van der Waals surface area contributed by atoms with Gasteiger partial charge in [0.1, 0.15) is 28.4 Å². The van der Waals surface area contributed by atoms with Crippen molar-refractivity contribution in [1.29, 1.82) is 0 Å². The second-order valence-corrected chi connectivity index (χ2v) is 8.58. The number of aromatic nitrogens is 5. The van der Waals surface area contributed by atoms with E-state index in [0.717, 1.165) is 10.9 Å². The van der Waals surface area contributed by atoms with Gasteiger partial charge in [-0.25, -0.2) is 32.7 Å². The maximum Gasteiger partial charge on any atom is 0.162 e. The molecule has 0 aliphatic rings. The number of fused-ring (bicyclic) bond motifs is 2. The van der Waals surface area contributed by atoms with Crippen LogP contribution in [0.1, 0.15) is 24.1 Å². The van der Waals surface area contributed by atoms with Gasteiger partial charge in [-0.05, 0) is 30.7 Å². The average molecular weight is 463 g/mol. The highest BCUT2D eigenvalue weighted by Crippen LogP contribution is 2.34. The number of nitrogens with zero attached hydrogens (tertiary/aromatic N) is 4. The third kappa shape index (κ3) is 4.12. The number of benzene rings is 2. The molecule has 1 atom stereocenters. The number of hydrogen-bond donors (Lipinski definition) is 3. The summed E-state index contributed by atoms with van der Waals surface area (Å²) in [7, 11) is -2.63. The van der Waals surface area contributed by atoms with Crippen molar-refractivity contribution < 1.29 is 12.8 Å². The Morgan fingerprint density at radius 2 is 1.94 bits per heavy atom. The summed E-state index contributed by atoms with van der Waals surface area (Å²) >= 11 is 0. The van der Waals surface area contributed by atoms with Crippen molar-refractivity contribution in [1.82, 2.24) is 24.9 Å². The zero-order valence-electron chi connectivity index (χ0n) is 17.5. The summed E-state index contributed by atoms with van der Waals surface area (Å²) in [6.45, 7) is 1.95. The predicted octanol–water partition coefficient (Wildman–Crippen LogP) is 3.99. The van der Waals surface area contributed by atoms with Gasteiger partial charge in [0, 0.05) is 22.6 Å². The summed E-state index contributed by atoms with van der Waals surface area (Å²) in [5, 5.41) is 4.13. The van der Waals surface area contributed by atoms with Crippen molar-refractivity contribution in [2.45, 2.75) is 18.7 Å². The molecule has 5 rings (SSSR count). The second-order valence-electron chi connectivity index (χ2n) is 7.60. The van der Waals surface area contributed by atoms with Crippen molar-refractivity contribution in [3.05, 3.63) is 78.1 Å². The van der Waals surface area contributed by atoms with Gasteiger partial charge >= 0.3 is 0 Å². The van der Waals surface area contributed by atoms with Gasteiger partial charge in [-0.3, -0.25) is 0 Å². The number of aromatic amines is 1. The lowest BCUT2D eigenvalue weighted by Gasteiger charge is -2.20. The fraction of sp³-hybridized carbons (Fsp3) is 0.130. The minimum atomic E-state index is -2.63.